The van der Waals surface area contributed by atoms with Crippen LogP contribution in [-0.4, -0.2) is 47.4 Å². The normalized spacial score (nSPS) is 13.1. The maximum Gasteiger partial charge on any atom is 0.229 e. The zero-order chi connectivity index (χ0) is 24.2. The summed E-state index contributed by atoms with van der Waals surface area (Å²) < 4.78 is 9.13. The standard InChI is InChI=1S/C24H30N6OS.C2H6/c1-18-17-25-24(28-23(18)26-20-6-5-7-21(16-20)29-32-2)27-19-8-10-22(11-9-19)31-15-14-30-12-3-4-13-30;1-2/h5-11,16-17,29H,3-4,12-15H2,1-2H3,(H2,25,26,27,28);1-2H3. The van der Waals surface area contributed by atoms with E-state index in [2.05, 4.69) is 30.2 Å². The fourth-order valence-corrected chi connectivity index (χ4v) is 3.97. The minimum absolute atomic E-state index is 0.541. The highest BCUT2D eigenvalue weighted by atomic mass is 32.2. The molecule has 0 spiro atoms. The van der Waals surface area contributed by atoms with E-state index in [-0.39, 0.29) is 0 Å². The molecule has 0 atom stereocenters. The van der Waals surface area contributed by atoms with Crippen molar-refractivity contribution in [1.29, 1.82) is 0 Å². The van der Waals surface area contributed by atoms with E-state index in [1.54, 1.807) is 11.9 Å². The topological polar surface area (TPSA) is 74.3 Å². The molecule has 0 unspecified atom stereocenters. The number of anilines is 5. The molecule has 1 aliphatic heterocycles. The van der Waals surface area contributed by atoms with E-state index in [0.29, 0.717) is 5.95 Å². The van der Waals surface area contributed by atoms with E-state index < -0.39 is 0 Å². The van der Waals surface area contributed by atoms with E-state index in [1.165, 1.54) is 25.9 Å². The summed E-state index contributed by atoms with van der Waals surface area (Å²) in [6.07, 6.45) is 6.43. The van der Waals surface area contributed by atoms with Crippen molar-refractivity contribution < 1.29 is 4.74 Å². The van der Waals surface area contributed by atoms with E-state index in [4.69, 9.17) is 4.74 Å². The molecule has 182 valence electrons. The van der Waals surface area contributed by atoms with Crippen LogP contribution in [0.5, 0.6) is 5.75 Å². The van der Waals surface area contributed by atoms with Crippen molar-refractivity contribution >= 4 is 40.8 Å². The van der Waals surface area contributed by atoms with E-state index in [1.807, 2.05) is 81.8 Å². The first kappa shape index (κ1) is 25.6. The average molecular weight is 481 g/mol. The van der Waals surface area contributed by atoms with Crippen LogP contribution in [0.2, 0.25) is 0 Å². The summed E-state index contributed by atoms with van der Waals surface area (Å²) in [5, 5.41) is 6.66. The molecular weight excluding hydrogens is 444 g/mol. The predicted octanol–water partition coefficient (Wildman–Crippen LogP) is 6.46. The molecule has 4 rings (SSSR count). The molecule has 0 radical (unpaired) electrons. The molecule has 8 heteroatoms. The van der Waals surface area contributed by atoms with Gasteiger partial charge in [0, 0.05) is 41.6 Å². The number of hydrogen-bond donors (Lipinski definition) is 3. The molecule has 7 nitrogen and oxygen atoms in total. The summed E-state index contributed by atoms with van der Waals surface area (Å²) >= 11 is 1.56. The summed E-state index contributed by atoms with van der Waals surface area (Å²) in [6.45, 7) is 10.1. The number of nitrogens with zero attached hydrogens (tertiary/aromatic N) is 3. The van der Waals surface area contributed by atoms with Gasteiger partial charge in [0.1, 0.15) is 18.2 Å². The number of rotatable bonds is 10. The number of aromatic nitrogens is 2. The van der Waals surface area contributed by atoms with E-state index in [9.17, 15) is 0 Å². The summed E-state index contributed by atoms with van der Waals surface area (Å²) in [7, 11) is 0. The van der Waals surface area contributed by atoms with Gasteiger partial charge >= 0.3 is 0 Å². The van der Waals surface area contributed by atoms with Crippen molar-refractivity contribution in [2.24, 2.45) is 0 Å². The lowest BCUT2D eigenvalue weighted by molar-refractivity contribution is 0.238. The summed E-state index contributed by atoms with van der Waals surface area (Å²) in [5.41, 5.74) is 3.89. The van der Waals surface area contributed by atoms with Crippen molar-refractivity contribution in [2.45, 2.75) is 33.6 Å². The Hall–Kier alpha value is -2.97. The second kappa shape index (κ2) is 13.7. The van der Waals surface area contributed by atoms with Gasteiger partial charge in [0.2, 0.25) is 5.95 Å². The third-order valence-electron chi connectivity index (χ3n) is 5.30. The van der Waals surface area contributed by atoms with Gasteiger partial charge in [0.05, 0.1) is 0 Å². The first-order valence-electron chi connectivity index (χ1n) is 11.9. The smallest absolute Gasteiger partial charge is 0.229 e. The Morgan fingerprint density at radius 3 is 2.44 bits per heavy atom. The maximum atomic E-state index is 5.88. The summed E-state index contributed by atoms with van der Waals surface area (Å²) in [4.78, 5) is 11.5. The molecule has 1 aromatic heterocycles. The van der Waals surface area contributed by atoms with Crippen LogP contribution in [0.25, 0.3) is 0 Å². The highest BCUT2D eigenvalue weighted by Crippen LogP contribution is 2.24. The van der Waals surface area contributed by atoms with Crippen LogP contribution in [0.15, 0.2) is 54.7 Å². The highest BCUT2D eigenvalue weighted by Gasteiger charge is 2.11. The van der Waals surface area contributed by atoms with Gasteiger partial charge in [-0.15, -0.1) is 0 Å². The molecular formula is C26H36N6OS. The Labute approximate surface area is 207 Å². The van der Waals surface area contributed by atoms with Gasteiger partial charge in [-0.05, 0) is 75.3 Å². The Kier molecular flexibility index (Phi) is 10.3. The van der Waals surface area contributed by atoms with Crippen molar-refractivity contribution in [3.63, 3.8) is 0 Å². The minimum atomic E-state index is 0.541. The van der Waals surface area contributed by atoms with Gasteiger partial charge < -0.3 is 20.1 Å². The van der Waals surface area contributed by atoms with Crippen molar-refractivity contribution in [3.05, 3.63) is 60.3 Å². The first-order chi connectivity index (χ1) is 16.7. The van der Waals surface area contributed by atoms with Crippen molar-refractivity contribution in [2.75, 3.05) is 47.9 Å². The number of aryl methyl sites for hydroxylation is 1. The molecule has 2 aromatic carbocycles. The number of ether oxygens (including phenoxy) is 1. The quantitative estimate of drug-likeness (QED) is 0.285. The lowest BCUT2D eigenvalue weighted by Gasteiger charge is -2.15. The molecule has 1 fully saturated rings. The predicted molar refractivity (Wildman–Crippen MR) is 146 cm³/mol. The van der Waals surface area contributed by atoms with Crippen LogP contribution >= 0.6 is 11.9 Å². The zero-order valence-corrected chi connectivity index (χ0v) is 21.4. The lowest BCUT2D eigenvalue weighted by Crippen LogP contribution is -2.25. The largest absolute Gasteiger partial charge is 0.492 e. The van der Waals surface area contributed by atoms with Crippen LogP contribution in [0.4, 0.5) is 28.8 Å². The van der Waals surface area contributed by atoms with Gasteiger partial charge in [-0.3, -0.25) is 4.90 Å². The Bertz CT molecular complexity index is 1010. The average Bonchev–Trinajstić information content (AvgIpc) is 3.38. The molecule has 0 aliphatic carbocycles. The van der Waals surface area contributed by atoms with Gasteiger partial charge in [0.15, 0.2) is 0 Å². The number of nitrogens with one attached hydrogen (secondary N) is 3. The molecule has 3 aromatic rings. The molecule has 0 saturated carbocycles. The summed E-state index contributed by atoms with van der Waals surface area (Å²) in [5.74, 6) is 2.19. The van der Waals surface area contributed by atoms with Gasteiger partial charge in [0.25, 0.3) is 0 Å². The Morgan fingerprint density at radius 2 is 1.71 bits per heavy atom. The molecule has 3 N–H and O–H groups in total. The van der Waals surface area contributed by atoms with Crippen LogP contribution < -0.4 is 20.1 Å². The zero-order valence-electron chi connectivity index (χ0n) is 20.6. The Morgan fingerprint density at radius 1 is 0.971 bits per heavy atom. The van der Waals surface area contributed by atoms with Gasteiger partial charge in [-0.2, -0.15) is 4.98 Å². The lowest BCUT2D eigenvalue weighted by atomic mass is 10.2. The molecule has 34 heavy (non-hydrogen) atoms. The van der Waals surface area contributed by atoms with Crippen LogP contribution in [0.1, 0.15) is 32.3 Å². The molecule has 0 bridgehead atoms. The fraction of sp³-hybridized carbons (Fsp3) is 0.385. The molecule has 1 saturated heterocycles. The molecule has 0 amide bonds. The van der Waals surface area contributed by atoms with Crippen LogP contribution in [0, 0.1) is 6.92 Å². The number of likely N-dealkylation sites (tertiary alicyclic amines) is 1. The maximum absolute atomic E-state index is 5.88. The number of benzene rings is 2. The SMILES string of the molecule is CC.CSNc1cccc(Nc2nc(Nc3ccc(OCCN4CCCC4)cc3)ncc2C)c1. The first-order valence-corrected chi connectivity index (χ1v) is 13.1. The van der Waals surface area contributed by atoms with Gasteiger partial charge in [-0.25, -0.2) is 4.98 Å². The third kappa shape index (κ3) is 7.81. The highest BCUT2D eigenvalue weighted by molar-refractivity contribution is 7.99. The minimum Gasteiger partial charge on any atom is -0.492 e. The monoisotopic (exact) mass is 480 g/mol. The fourth-order valence-electron chi connectivity index (χ4n) is 3.61. The van der Waals surface area contributed by atoms with Gasteiger partial charge in [-0.1, -0.05) is 31.9 Å². The van der Waals surface area contributed by atoms with E-state index in [0.717, 1.165) is 47.3 Å². The second-order valence-corrected chi connectivity index (χ2v) is 8.40. The van der Waals surface area contributed by atoms with Crippen LogP contribution in [0.3, 0.4) is 0 Å². The second-order valence-electron chi connectivity index (χ2n) is 7.78. The molecule has 2 heterocycles. The van der Waals surface area contributed by atoms with Crippen molar-refractivity contribution in [1.82, 2.24) is 14.9 Å². The number of hydrogen-bond acceptors (Lipinski definition) is 8. The van der Waals surface area contributed by atoms with Crippen LogP contribution in [-0.2, 0) is 0 Å². The third-order valence-corrected chi connectivity index (χ3v) is 5.74. The molecule has 1 aliphatic rings. The van der Waals surface area contributed by atoms with E-state index >= 15 is 0 Å². The van der Waals surface area contributed by atoms with Crippen molar-refractivity contribution in [3.8, 4) is 5.75 Å². The summed E-state index contributed by atoms with van der Waals surface area (Å²) in [6, 6.07) is 16.0. The Balaban J connectivity index is 0.00000158.